The smallest absolute Gasteiger partial charge is 0.456 e. The fourth-order valence-electron chi connectivity index (χ4n) is 7.17. The molecule has 0 aliphatic rings. The van der Waals surface area contributed by atoms with Crippen LogP contribution >= 0.6 is 7.82 Å². The molecule has 1 amide bonds. The van der Waals surface area contributed by atoms with E-state index in [2.05, 4.69) is 74.7 Å². The number of likely N-dealkylation sites (N-methyl/N-ethyl adjacent to an activating group) is 1. The number of allylic oxidation sites excluding steroid dienone is 9. The Balaban J connectivity index is 5.47. The number of ether oxygens (including phenoxy) is 1. The predicted octanol–water partition coefficient (Wildman–Crippen LogP) is 15.2. The minimum atomic E-state index is -4.45. The Morgan fingerprint density at radius 1 is 0.562 bits per heavy atom. The van der Waals surface area contributed by atoms with Gasteiger partial charge in [0.1, 0.15) is 19.3 Å². The summed E-state index contributed by atoms with van der Waals surface area (Å²) in [6, 6.07) is -0.863. The van der Waals surface area contributed by atoms with Gasteiger partial charge in [0.25, 0.3) is 0 Å². The highest BCUT2D eigenvalue weighted by Crippen LogP contribution is 2.43. The van der Waals surface area contributed by atoms with Crippen LogP contribution in [0.1, 0.15) is 220 Å². The van der Waals surface area contributed by atoms with Crippen LogP contribution in [-0.4, -0.2) is 74.3 Å². The number of phosphoric ester groups is 1. The quantitative estimate of drug-likeness (QED) is 0.0156. The Kier molecular flexibility index (Phi) is 42.9. The molecule has 3 atom stereocenters. The summed E-state index contributed by atoms with van der Waals surface area (Å²) in [6.07, 6.45) is 53.6. The van der Waals surface area contributed by atoms with Crippen molar-refractivity contribution in [3.8, 4) is 0 Å². The van der Waals surface area contributed by atoms with Crippen LogP contribution < -0.4 is 5.32 Å². The summed E-state index contributed by atoms with van der Waals surface area (Å²) in [5, 5.41) is 3.02. The molecule has 0 aromatic heterocycles. The number of hydrogen-bond donors (Lipinski definition) is 2. The lowest BCUT2D eigenvalue weighted by Crippen LogP contribution is -2.47. The summed E-state index contributed by atoms with van der Waals surface area (Å²) in [6.45, 7) is 6.82. The molecule has 0 heterocycles. The van der Waals surface area contributed by atoms with Gasteiger partial charge in [0.05, 0.1) is 33.8 Å². The van der Waals surface area contributed by atoms with Crippen molar-refractivity contribution in [1.82, 2.24) is 5.32 Å². The van der Waals surface area contributed by atoms with Crippen LogP contribution in [0.25, 0.3) is 0 Å². The van der Waals surface area contributed by atoms with Gasteiger partial charge in [-0.15, -0.1) is 0 Å². The highest BCUT2D eigenvalue weighted by molar-refractivity contribution is 7.47. The molecule has 0 radical (unpaired) electrons. The predicted molar refractivity (Wildman–Crippen MR) is 272 cm³/mol. The summed E-state index contributed by atoms with van der Waals surface area (Å²) >= 11 is 0. The van der Waals surface area contributed by atoms with Crippen LogP contribution in [0.4, 0.5) is 0 Å². The molecule has 0 aromatic rings. The van der Waals surface area contributed by atoms with Gasteiger partial charge in [0.2, 0.25) is 5.91 Å². The summed E-state index contributed by atoms with van der Waals surface area (Å²) in [5.41, 5.74) is 0. The van der Waals surface area contributed by atoms with E-state index >= 15 is 0 Å². The molecule has 0 fully saturated rings. The zero-order chi connectivity index (χ0) is 47.3. The lowest BCUT2D eigenvalue weighted by Gasteiger charge is -2.27. The summed E-state index contributed by atoms with van der Waals surface area (Å²) in [4.78, 5) is 37.4. The maximum absolute atomic E-state index is 13.4. The molecular weight excluding hydrogens is 820 g/mol. The third kappa shape index (κ3) is 44.9. The lowest BCUT2D eigenvalue weighted by atomic mass is 10.1. The first-order chi connectivity index (χ1) is 30.9. The van der Waals surface area contributed by atoms with Crippen LogP contribution in [0.2, 0.25) is 0 Å². The molecule has 0 rings (SSSR count). The van der Waals surface area contributed by atoms with Crippen molar-refractivity contribution >= 4 is 19.7 Å². The molecule has 3 unspecified atom stereocenters. The van der Waals surface area contributed by atoms with Crippen LogP contribution in [0, 0.1) is 0 Å². The molecule has 0 aliphatic heterocycles. The van der Waals surface area contributed by atoms with Crippen molar-refractivity contribution in [2.24, 2.45) is 0 Å². The molecule has 0 aromatic carbocycles. The van der Waals surface area contributed by atoms with Crippen molar-refractivity contribution in [2.75, 3.05) is 40.9 Å². The number of unbranched alkanes of at least 4 members (excludes halogenated alkanes) is 24. The van der Waals surface area contributed by atoms with Gasteiger partial charge in [-0.2, -0.15) is 0 Å². The first-order valence-electron chi connectivity index (χ1n) is 26.1. The number of esters is 1. The second-order valence-corrected chi connectivity index (χ2v) is 20.2. The van der Waals surface area contributed by atoms with Gasteiger partial charge < -0.3 is 19.4 Å². The lowest BCUT2D eigenvalue weighted by molar-refractivity contribution is -0.870. The third-order valence-electron chi connectivity index (χ3n) is 11.3. The van der Waals surface area contributed by atoms with E-state index in [1.54, 1.807) is 0 Å². The zero-order valence-electron chi connectivity index (χ0n) is 42.3. The van der Waals surface area contributed by atoms with Gasteiger partial charge in [-0.25, -0.2) is 4.57 Å². The second-order valence-electron chi connectivity index (χ2n) is 18.7. The fourth-order valence-corrected chi connectivity index (χ4v) is 7.90. The summed E-state index contributed by atoms with van der Waals surface area (Å²) < 4.78 is 30.4. The number of carbonyl (C=O) groups is 2. The highest BCUT2D eigenvalue weighted by Gasteiger charge is 2.30. The molecule has 0 spiro atoms. The van der Waals surface area contributed by atoms with E-state index in [0.717, 1.165) is 89.9 Å². The first-order valence-corrected chi connectivity index (χ1v) is 27.6. The Bertz CT molecular complexity index is 1290. The number of phosphoric acid groups is 1. The number of carbonyl (C=O) groups excluding carboxylic acids is 2. The molecular formula is C54H100N2O7P+. The van der Waals surface area contributed by atoms with Gasteiger partial charge in [-0.3, -0.25) is 18.6 Å². The van der Waals surface area contributed by atoms with Gasteiger partial charge in [0.15, 0.2) is 0 Å². The van der Waals surface area contributed by atoms with Crippen LogP contribution in [0.3, 0.4) is 0 Å². The second kappa shape index (κ2) is 44.5. The van der Waals surface area contributed by atoms with Crippen LogP contribution in [-0.2, 0) is 27.9 Å². The van der Waals surface area contributed by atoms with Crippen molar-refractivity contribution in [3.05, 3.63) is 60.8 Å². The van der Waals surface area contributed by atoms with E-state index < -0.39 is 20.0 Å². The number of nitrogens with one attached hydrogen (secondary N) is 1. The van der Waals surface area contributed by atoms with Crippen LogP contribution in [0.5, 0.6) is 0 Å². The molecule has 372 valence electrons. The highest BCUT2D eigenvalue weighted by atomic mass is 31.2. The molecule has 9 nitrogen and oxygen atoms in total. The molecule has 0 aliphatic carbocycles. The largest absolute Gasteiger partial charge is 0.472 e. The Morgan fingerprint density at radius 3 is 1.55 bits per heavy atom. The van der Waals surface area contributed by atoms with Crippen molar-refractivity contribution in [1.29, 1.82) is 0 Å². The van der Waals surface area contributed by atoms with Crippen molar-refractivity contribution < 1.29 is 37.3 Å². The summed E-state index contributed by atoms with van der Waals surface area (Å²) in [5.74, 6) is -0.551. The van der Waals surface area contributed by atoms with E-state index in [1.165, 1.54) is 89.9 Å². The van der Waals surface area contributed by atoms with E-state index in [1.807, 2.05) is 33.3 Å². The SMILES string of the molecule is CC/C=C/C=C/C=C\CCCCCCCC(=O)OC(/C=C/CCCCCCCCCCC)C(COP(=O)(O)OCC[N+](C)(C)C)NC(=O)CCCCC/C=C\CCCCCCCCC. The minimum absolute atomic E-state index is 0.0324. The Morgan fingerprint density at radius 2 is 1.02 bits per heavy atom. The maximum Gasteiger partial charge on any atom is 0.472 e. The van der Waals surface area contributed by atoms with Gasteiger partial charge >= 0.3 is 13.8 Å². The molecule has 2 N–H and O–H groups in total. The number of hydrogen-bond acceptors (Lipinski definition) is 6. The van der Waals surface area contributed by atoms with E-state index in [4.69, 9.17) is 13.8 Å². The van der Waals surface area contributed by atoms with E-state index in [9.17, 15) is 19.0 Å². The topological polar surface area (TPSA) is 111 Å². The summed E-state index contributed by atoms with van der Waals surface area (Å²) in [7, 11) is 1.47. The molecule has 0 bridgehead atoms. The van der Waals surface area contributed by atoms with E-state index in [-0.39, 0.29) is 31.5 Å². The number of quaternary nitrogens is 1. The van der Waals surface area contributed by atoms with Crippen molar-refractivity contribution in [2.45, 2.75) is 232 Å². The molecule has 10 heteroatoms. The van der Waals surface area contributed by atoms with Gasteiger partial charge in [-0.1, -0.05) is 191 Å². The normalized spacial score (nSPS) is 14.4. The number of rotatable bonds is 46. The average Bonchev–Trinajstić information content (AvgIpc) is 3.25. The number of amides is 1. The zero-order valence-corrected chi connectivity index (χ0v) is 43.2. The fraction of sp³-hybridized carbons (Fsp3) is 0.778. The Labute approximate surface area is 394 Å². The third-order valence-corrected chi connectivity index (χ3v) is 12.2. The molecule has 0 saturated carbocycles. The average molecular weight is 920 g/mol. The maximum atomic E-state index is 13.4. The number of nitrogens with zero attached hydrogens (tertiary/aromatic N) is 1. The van der Waals surface area contributed by atoms with Gasteiger partial charge in [0, 0.05) is 12.8 Å². The van der Waals surface area contributed by atoms with Crippen LogP contribution in [0.15, 0.2) is 60.8 Å². The van der Waals surface area contributed by atoms with Gasteiger partial charge in [-0.05, 0) is 76.7 Å². The minimum Gasteiger partial charge on any atom is -0.456 e. The standard InChI is InChI=1S/C54H99N2O7P/c1-7-10-13-16-19-22-25-27-29-31-34-37-40-43-46-53(57)55-51(50-62-64(59,60)61-49-48-56(4,5)6)52(45-42-39-36-33-30-24-21-18-15-12-9-3)63-54(58)47-44-41-38-35-32-28-26-23-20-17-14-11-8-2/h11,14,17,20,23,26,29,31,42,45,51-52H,7-10,12-13,15-16,18-19,21-22,24-25,27-28,30,32-41,43-44,46-50H2,1-6H3,(H-,55,57,59,60)/p+1/b14-11+,20-17+,26-23-,31-29-,45-42+. The Hall–Kier alpha value is -2.29. The van der Waals surface area contributed by atoms with E-state index in [0.29, 0.717) is 23.9 Å². The molecule has 0 saturated heterocycles. The molecule has 64 heavy (non-hydrogen) atoms. The van der Waals surface area contributed by atoms with Crippen molar-refractivity contribution in [3.63, 3.8) is 0 Å². The monoisotopic (exact) mass is 920 g/mol. The first kappa shape index (κ1) is 61.7.